The molecule has 0 radical (unpaired) electrons. The molecule has 2 N–H and O–H groups in total. The third-order valence-electron chi connectivity index (χ3n) is 4.25. The second-order valence-electron chi connectivity index (χ2n) is 6.11. The number of anilines is 3. The third-order valence-corrected chi connectivity index (χ3v) is 4.25. The first kappa shape index (κ1) is 17.2. The first-order chi connectivity index (χ1) is 12.2. The highest BCUT2D eigenvalue weighted by molar-refractivity contribution is 6.03. The van der Waals surface area contributed by atoms with Crippen LogP contribution in [0.4, 0.5) is 17.2 Å². The average Bonchev–Trinajstić information content (AvgIpc) is 2.64. The number of hydrogen-bond acceptors (Lipinski definition) is 6. The largest absolute Gasteiger partial charge is 0.370 e. The molecule has 0 atom stereocenters. The van der Waals surface area contributed by atoms with E-state index in [2.05, 4.69) is 37.4 Å². The van der Waals surface area contributed by atoms with Gasteiger partial charge in [-0.2, -0.15) is 0 Å². The number of amides is 1. The topological polar surface area (TPSA) is 73.4 Å². The van der Waals surface area contributed by atoms with Crippen LogP contribution in [0.15, 0.2) is 36.7 Å². The lowest BCUT2D eigenvalue weighted by Gasteiger charge is -2.34. The molecule has 0 bridgehead atoms. The molecule has 132 valence electrons. The molecule has 1 aliphatic heterocycles. The number of piperazine rings is 1. The molecule has 1 aliphatic rings. The summed E-state index contributed by atoms with van der Waals surface area (Å²) in [7, 11) is 2.14. The van der Waals surface area contributed by atoms with Gasteiger partial charge in [0.05, 0.1) is 0 Å². The van der Waals surface area contributed by atoms with E-state index in [-0.39, 0.29) is 5.91 Å². The first-order valence-electron chi connectivity index (χ1n) is 8.56. The Hall–Kier alpha value is -2.67. The lowest BCUT2D eigenvalue weighted by Crippen LogP contribution is -2.44. The summed E-state index contributed by atoms with van der Waals surface area (Å²) in [5.74, 6) is 0.405. The highest BCUT2D eigenvalue weighted by Crippen LogP contribution is 2.19. The highest BCUT2D eigenvalue weighted by atomic mass is 16.1. The van der Waals surface area contributed by atoms with Crippen LogP contribution in [0.1, 0.15) is 17.4 Å². The van der Waals surface area contributed by atoms with Crippen LogP contribution in [0.5, 0.6) is 0 Å². The van der Waals surface area contributed by atoms with Gasteiger partial charge in [-0.3, -0.25) is 4.79 Å². The Labute approximate surface area is 148 Å². The van der Waals surface area contributed by atoms with Gasteiger partial charge in [0.15, 0.2) is 0 Å². The minimum atomic E-state index is -0.242. The first-order valence-corrected chi connectivity index (χ1v) is 8.56. The summed E-state index contributed by atoms with van der Waals surface area (Å²) in [6.45, 7) is 6.91. The summed E-state index contributed by atoms with van der Waals surface area (Å²) in [6, 6.07) is 9.60. The van der Waals surface area contributed by atoms with E-state index in [9.17, 15) is 4.79 Å². The Morgan fingerprint density at radius 2 is 1.84 bits per heavy atom. The van der Waals surface area contributed by atoms with E-state index in [0.717, 1.165) is 38.4 Å². The molecule has 2 aromatic rings. The molecule has 7 heteroatoms. The molecule has 1 aromatic heterocycles. The van der Waals surface area contributed by atoms with Crippen LogP contribution < -0.4 is 15.5 Å². The van der Waals surface area contributed by atoms with Crippen molar-refractivity contribution in [3.63, 3.8) is 0 Å². The lowest BCUT2D eigenvalue weighted by atomic mass is 10.2. The predicted molar refractivity (Wildman–Crippen MR) is 100 cm³/mol. The van der Waals surface area contributed by atoms with Crippen LogP contribution >= 0.6 is 0 Å². The van der Waals surface area contributed by atoms with Crippen LogP contribution in [0, 0.1) is 0 Å². The molecule has 0 aliphatic carbocycles. The van der Waals surface area contributed by atoms with Gasteiger partial charge in [0, 0.05) is 50.2 Å². The Morgan fingerprint density at radius 3 is 2.52 bits per heavy atom. The van der Waals surface area contributed by atoms with Crippen molar-refractivity contribution in [2.24, 2.45) is 0 Å². The minimum absolute atomic E-state index is 0.242. The molecule has 1 aromatic carbocycles. The second-order valence-corrected chi connectivity index (χ2v) is 6.11. The molecular formula is C18H24N6O. The van der Waals surface area contributed by atoms with Crippen LogP contribution in [0.2, 0.25) is 0 Å². The van der Waals surface area contributed by atoms with Gasteiger partial charge >= 0.3 is 0 Å². The van der Waals surface area contributed by atoms with E-state index < -0.39 is 0 Å². The van der Waals surface area contributed by atoms with Gasteiger partial charge in [-0.15, -0.1) is 0 Å². The molecular weight excluding hydrogens is 316 g/mol. The molecule has 3 rings (SSSR count). The van der Waals surface area contributed by atoms with Crippen molar-refractivity contribution < 1.29 is 4.79 Å². The second kappa shape index (κ2) is 7.94. The quantitative estimate of drug-likeness (QED) is 0.866. The fourth-order valence-corrected chi connectivity index (χ4v) is 2.77. The molecule has 2 heterocycles. The Kier molecular flexibility index (Phi) is 5.45. The summed E-state index contributed by atoms with van der Waals surface area (Å²) < 4.78 is 0. The number of nitrogens with zero attached hydrogens (tertiary/aromatic N) is 4. The fraction of sp³-hybridized carbons (Fsp3) is 0.389. The van der Waals surface area contributed by atoms with Crippen molar-refractivity contribution in [3.8, 4) is 0 Å². The zero-order valence-corrected chi connectivity index (χ0v) is 14.7. The predicted octanol–water partition coefficient (Wildman–Crippen LogP) is 1.91. The van der Waals surface area contributed by atoms with Crippen molar-refractivity contribution >= 4 is 23.1 Å². The van der Waals surface area contributed by atoms with Gasteiger partial charge in [0.25, 0.3) is 5.91 Å². The lowest BCUT2D eigenvalue weighted by molar-refractivity contribution is 0.102. The Morgan fingerprint density at radius 1 is 1.12 bits per heavy atom. The van der Waals surface area contributed by atoms with Crippen molar-refractivity contribution in [1.29, 1.82) is 0 Å². The zero-order valence-electron chi connectivity index (χ0n) is 14.7. The summed E-state index contributed by atoms with van der Waals surface area (Å²) in [4.78, 5) is 25.2. The number of aromatic nitrogens is 2. The van der Waals surface area contributed by atoms with Gasteiger partial charge < -0.3 is 20.4 Å². The van der Waals surface area contributed by atoms with Gasteiger partial charge in [-0.05, 0) is 38.2 Å². The number of carbonyl (C=O) groups excluding carboxylic acids is 1. The van der Waals surface area contributed by atoms with E-state index >= 15 is 0 Å². The molecule has 0 unspecified atom stereocenters. The highest BCUT2D eigenvalue weighted by Gasteiger charge is 2.14. The third kappa shape index (κ3) is 4.45. The van der Waals surface area contributed by atoms with Gasteiger partial charge in [0.2, 0.25) is 0 Å². The number of likely N-dealkylation sites (N-methyl/N-ethyl adjacent to an activating group) is 1. The van der Waals surface area contributed by atoms with E-state index in [1.807, 2.05) is 31.2 Å². The molecule has 1 fully saturated rings. The summed E-state index contributed by atoms with van der Waals surface area (Å²) in [6.07, 6.45) is 1.39. The zero-order chi connectivity index (χ0) is 17.6. The van der Waals surface area contributed by atoms with E-state index in [1.165, 1.54) is 12.0 Å². The summed E-state index contributed by atoms with van der Waals surface area (Å²) in [5, 5.41) is 5.95. The molecule has 7 nitrogen and oxygen atoms in total. The molecule has 0 spiro atoms. The maximum atomic E-state index is 12.3. The maximum Gasteiger partial charge on any atom is 0.274 e. The van der Waals surface area contributed by atoms with Crippen molar-refractivity contribution in [2.45, 2.75) is 6.92 Å². The van der Waals surface area contributed by atoms with Crippen molar-refractivity contribution in [3.05, 3.63) is 42.4 Å². The number of nitrogens with one attached hydrogen (secondary N) is 2. The normalized spacial score (nSPS) is 15.0. The van der Waals surface area contributed by atoms with Crippen LogP contribution in [-0.4, -0.2) is 60.5 Å². The van der Waals surface area contributed by atoms with Crippen molar-refractivity contribution in [2.75, 3.05) is 55.3 Å². The number of benzene rings is 1. The van der Waals surface area contributed by atoms with E-state index in [0.29, 0.717) is 11.5 Å². The standard InChI is InChI=1S/C18H24N6O/c1-3-19-17-12-16(20-13-21-17)18(25)22-14-4-6-15(7-5-14)24-10-8-23(2)9-11-24/h4-7,12-13H,3,8-11H2,1-2H3,(H,22,25)(H,19,20,21). The molecule has 1 amide bonds. The Bertz CT molecular complexity index is 710. The maximum absolute atomic E-state index is 12.3. The Balaban J connectivity index is 1.63. The van der Waals surface area contributed by atoms with E-state index in [1.54, 1.807) is 6.07 Å². The SMILES string of the molecule is CCNc1cc(C(=O)Nc2ccc(N3CCN(C)CC3)cc2)ncn1. The van der Waals surface area contributed by atoms with Crippen LogP contribution in [-0.2, 0) is 0 Å². The number of rotatable bonds is 5. The molecule has 0 saturated carbocycles. The van der Waals surface area contributed by atoms with Gasteiger partial charge in [0.1, 0.15) is 17.8 Å². The van der Waals surface area contributed by atoms with Gasteiger partial charge in [-0.25, -0.2) is 9.97 Å². The minimum Gasteiger partial charge on any atom is -0.370 e. The molecule has 1 saturated heterocycles. The van der Waals surface area contributed by atoms with E-state index in [4.69, 9.17) is 0 Å². The van der Waals surface area contributed by atoms with Gasteiger partial charge in [-0.1, -0.05) is 0 Å². The fourth-order valence-electron chi connectivity index (χ4n) is 2.77. The van der Waals surface area contributed by atoms with Crippen LogP contribution in [0.3, 0.4) is 0 Å². The van der Waals surface area contributed by atoms with Crippen LogP contribution in [0.25, 0.3) is 0 Å². The average molecular weight is 340 g/mol. The molecule has 25 heavy (non-hydrogen) atoms. The van der Waals surface area contributed by atoms with Crippen molar-refractivity contribution in [1.82, 2.24) is 14.9 Å². The number of carbonyl (C=O) groups is 1. The smallest absolute Gasteiger partial charge is 0.274 e. The summed E-state index contributed by atoms with van der Waals surface area (Å²) >= 11 is 0. The monoisotopic (exact) mass is 340 g/mol. The number of hydrogen-bond donors (Lipinski definition) is 2. The summed E-state index contributed by atoms with van der Waals surface area (Å²) in [5.41, 5.74) is 2.28.